The minimum absolute atomic E-state index is 0.124. The summed E-state index contributed by atoms with van der Waals surface area (Å²) >= 11 is 0. The van der Waals surface area contributed by atoms with Crippen LogP contribution in [0.5, 0.6) is 0 Å². The lowest BCUT2D eigenvalue weighted by molar-refractivity contribution is -0.147. The molecule has 60 heavy (non-hydrogen) atoms. The van der Waals surface area contributed by atoms with Crippen molar-refractivity contribution in [3.05, 3.63) is 97.2 Å². The Morgan fingerprint density at radius 1 is 0.533 bits per heavy atom. The van der Waals surface area contributed by atoms with Crippen molar-refractivity contribution in [2.24, 2.45) is 0 Å². The number of carbonyl (C=O) groups excluding carboxylic acids is 2. The molecule has 0 rings (SSSR count). The lowest BCUT2D eigenvalue weighted by Crippen LogP contribution is -2.43. The van der Waals surface area contributed by atoms with Gasteiger partial charge in [-0.3, -0.25) is 18.6 Å². The molecule has 12 heteroatoms. The van der Waals surface area contributed by atoms with E-state index >= 15 is 0 Å². The van der Waals surface area contributed by atoms with Crippen molar-refractivity contribution in [2.75, 3.05) is 19.8 Å². The van der Waals surface area contributed by atoms with E-state index in [1.165, 1.54) is 0 Å². The Kier molecular flexibility index (Phi) is 39.6. The zero-order valence-electron chi connectivity index (χ0n) is 36.7. The first kappa shape index (κ1) is 56.4. The van der Waals surface area contributed by atoms with E-state index in [4.69, 9.17) is 13.8 Å². The average Bonchev–Trinajstić information content (AvgIpc) is 3.22. The Bertz CT molecular complexity index is 1380. The van der Waals surface area contributed by atoms with Gasteiger partial charge in [0, 0.05) is 12.8 Å². The van der Waals surface area contributed by atoms with Crippen LogP contribution in [0.15, 0.2) is 97.2 Å². The number of carboxylic acids is 1. The van der Waals surface area contributed by atoms with Crippen molar-refractivity contribution in [3.8, 4) is 0 Å². The Morgan fingerprint density at radius 3 is 1.38 bits per heavy atom. The number of hydrogen-bond donors (Lipinski definition) is 4. The van der Waals surface area contributed by atoms with Crippen LogP contribution < -0.4 is 5.32 Å². The number of carbonyl (C=O) groups is 3. The van der Waals surface area contributed by atoms with E-state index in [0.717, 1.165) is 116 Å². The molecule has 1 amide bonds. The molecule has 0 aliphatic carbocycles. The van der Waals surface area contributed by atoms with Gasteiger partial charge in [0.15, 0.2) is 6.04 Å². The Hall–Kier alpha value is -3.60. The largest absolute Gasteiger partial charge is 0.480 e. The minimum Gasteiger partial charge on any atom is -0.480 e. The molecule has 0 spiro atoms. The summed E-state index contributed by atoms with van der Waals surface area (Å²) in [5, 5.41) is 21.8. The minimum atomic E-state index is -4.77. The number of amides is 1. The zero-order valence-corrected chi connectivity index (χ0v) is 37.6. The number of hydrogen-bond acceptors (Lipinski definition) is 8. The third kappa shape index (κ3) is 41.1. The van der Waals surface area contributed by atoms with Gasteiger partial charge in [0.2, 0.25) is 5.91 Å². The van der Waals surface area contributed by atoms with Crippen molar-refractivity contribution in [3.63, 3.8) is 0 Å². The fraction of sp³-hybridized carbons (Fsp3) is 0.604. The molecule has 0 aromatic heterocycles. The van der Waals surface area contributed by atoms with Gasteiger partial charge >= 0.3 is 19.8 Å². The van der Waals surface area contributed by atoms with Crippen molar-refractivity contribution in [2.45, 2.75) is 167 Å². The highest BCUT2D eigenvalue weighted by molar-refractivity contribution is 7.47. The van der Waals surface area contributed by atoms with Crippen LogP contribution in [0, 0.1) is 0 Å². The number of phosphoric ester groups is 1. The molecule has 0 heterocycles. The molecule has 11 nitrogen and oxygen atoms in total. The topological polar surface area (TPSA) is 169 Å². The van der Waals surface area contributed by atoms with Gasteiger partial charge in [-0.05, 0) is 89.9 Å². The van der Waals surface area contributed by atoms with Crippen LogP contribution in [0.1, 0.15) is 155 Å². The van der Waals surface area contributed by atoms with Crippen LogP contribution in [-0.2, 0) is 32.7 Å². The van der Waals surface area contributed by atoms with Gasteiger partial charge in [0.1, 0.15) is 12.7 Å². The molecular formula is C48H78NO10P. The van der Waals surface area contributed by atoms with Crippen molar-refractivity contribution >= 4 is 25.7 Å². The molecule has 340 valence electrons. The number of aliphatic carboxylic acids is 1. The monoisotopic (exact) mass is 860 g/mol. The van der Waals surface area contributed by atoms with E-state index in [9.17, 15) is 34.1 Å². The second-order valence-electron chi connectivity index (χ2n) is 14.5. The molecule has 0 saturated carbocycles. The molecule has 0 bridgehead atoms. The number of unbranched alkanes of at least 4 members (excludes halogenated alkanes) is 10. The third-order valence-electron chi connectivity index (χ3n) is 8.87. The molecule has 0 radical (unpaired) electrons. The summed E-state index contributed by atoms with van der Waals surface area (Å²) in [6, 6.07) is -1.56. The van der Waals surface area contributed by atoms with E-state index in [1.54, 1.807) is 0 Å². The Morgan fingerprint density at radius 2 is 0.917 bits per heavy atom. The van der Waals surface area contributed by atoms with E-state index in [-0.39, 0.29) is 12.8 Å². The van der Waals surface area contributed by atoms with E-state index < -0.39 is 57.6 Å². The number of carboxylic acid groups (broad SMARTS) is 1. The molecule has 0 aromatic rings. The summed E-state index contributed by atoms with van der Waals surface area (Å²) in [6.07, 6.45) is 52.9. The van der Waals surface area contributed by atoms with Gasteiger partial charge in [0.25, 0.3) is 0 Å². The molecule has 0 aliphatic rings. The second-order valence-corrected chi connectivity index (χ2v) is 15.9. The first-order valence-corrected chi connectivity index (χ1v) is 23.8. The zero-order chi connectivity index (χ0) is 44.2. The third-order valence-corrected chi connectivity index (χ3v) is 9.82. The first-order valence-electron chi connectivity index (χ1n) is 22.3. The normalized spacial score (nSPS) is 14.6. The van der Waals surface area contributed by atoms with Crippen molar-refractivity contribution < 1.29 is 47.8 Å². The number of ether oxygens (including phenoxy) is 1. The summed E-state index contributed by atoms with van der Waals surface area (Å²) in [7, 11) is -4.77. The number of aliphatic hydroxyl groups is 1. The van der Waals surface area contributed by atoms with Crippen LogP contribution >= 0.6 is 7.82 Å². The van der Waals surface area contributed by atoms with Gasteiger partial charge in [0.05, 0.1) is 13.2 Å². The van der Waals surface area contributed by atoms with Gasteiger partial charge in [-0.1, -0.05) is 150 Å². The standard InChI is InChI=1S/C48H78NO10P/c1-3-5-7-9-11-13-15-17-18-19-20-21-22-23-24-25-26-28-29-31-33-35-37-39-46(51)49-45(48(53)54)43-59-60(55,56)58-42-44(50)41-57-47(52)40-38-36-34-32-30-27-16-14-12-10-8-6-4-2/h5-8,11-14,17-18,20-21,23-24,27,30,44-45,50H,3-4,9-10,15-16,19,22,25-26,28-29,31-43H2,1-2H3,(H,49,51)(H,53,54)(H,55,56)/b7-5-,8-6-,13-11-,14-12-,18-17-,21-20-,24-23-,30-27-. The lowest BCUT2D eigenvalue weighted by Gasteiger charge is -2.18. The molecule has 0 fully saturated rings. The highest BCUT2D eigenvalue weighted by Crippen LogP contribution is 2.43. The maximum Gasteiger partial charge on any atom is 0.472 e. The SMILES string of the molecule is CC/C=C\C/C=C\C/C=C\C/C=C\C/C=C\CCCCCCCCCC(=O)NC(COP(=O)(O)OCC(O)COC(=O)CCCCC/C=C\C/C=C\C/C=C\CC)C(=O)O. The van der Waals surface area contributed by atoms with Crippen LogP contribution in [0.4, 0.5) is 0 Å². The maximum absolute atomic E-state index is 12.3. The molecule has 0 aromatic carbocycles. The van der Waals surface area contributed by atoms with E-state index in [0.29, 0.717) is 12.8 Å². The first-order chi connectivity index (χ1) is 29.1. The van der Waals surface area contributed by atoms with E-state index in [1.807, 2.05) is 0 Å². The van der Waals surface area contributed by atoms with Crippen LogP contribution in [-0.4, -0.2) is 64.9 Å². The molecule has 3 unspecified atom stereocenters. The fourth-order valence-electron chi connectivity index (χ4n) is 5.47. The van der Waals surface area contributed by atoms with E-state index in [2.05, 4.69) is 116 Å². The molecule has 4 N–H and O–H groups in total. The second kappa shape index (κ2) is 42.1. The summed E-state index contributed by atoms with van der Waals surface area (Å²) in [5.74, 6) is -2.44. The number of allylic oxidation sites excluding steroid dienone is 16. The number of nitrogens with one attached hydrogen (secondary N) is 1. The summed E-state index contributed by atoms with van der Waals surface area (Å²) in [6.45, 7) is 2.30. The summed E-state index contributed by atoms with van der Waals surface area (Å²) < 4.78 is 26.8. The highest BCUT2D eigenvalue weighted by atomic mass is 31.2. The molecule has 0 saturated heterocycles. The van der Waals surface area contributed by atoms with Crippen molar-refractivity contribution in [1.29, 1.82) is 0 Å². The van der Waals surface area contributed by atoms with Gasteiger partial charge in [-0.15, -0.1) is 0 Å². The quantitative estimate of drug-likeness (QED) is 0.0201. The summed E-state index contributed by atoms with van der Waals surface area (Å²) in [4.78, 5) is 45.9. The van der Waals surface area contributed by atoms with Crippen LogP contribution in [0.25, 0.3) is 0 Å². The lowest BCUT2D eigenvalue weighted by atomic mass is 10.1. The predicted molar refractivity (Wildman–Crippen MR) is 244 cm³/mol. The average molecular weight is 860 g/mol. The van der Waals surface area contributed by atoms with Gasteiger partial charge < -0.3 is 25.2 Å². The predicted octanol–water partition coefficient (Wildman–Crippen LogP) is 11.7. The fourth-order valence-corrected chi connectivity index (χ4v) is 6.24. The van der Waals surface area contributed by atoms with Gasteiger partial charge in [-0.25, -0.2) is 9.36 Å². The van der Waals surface area contributed by atoms with Crippen LogP contribution in [0.3, 0.4) is 0 Å². The highest BCUT2D eigenvalue weighted by Gasteiger charge is 2.28. The molecule has 3 atom stereocenters. The smallest absolute Gasteiger partial charge is 0.472 e. The number of phosphoric acid groups is 1. The Balaban J connectivity index is 3.96. The van der Waals surface area contributed by atoms with Gasteiger partial charge in [-0.2, -0.15) is 0 Å². The molecular weight excluding hydrogens is 781 g/mol. The number of rotatable bonds is 40. The summed E-state index contributed by atoms with van der Waals surface area (Å²) in [5.41, 5.74) is 0. The van der Waals surface area contributed by atoms with Crippen LogP contribution in [0.2, 0.25) is 0 Å². The number of esters is 1. The van der Waals surface area contributed by atoms with Crippen molar-refractivity contribution in [1.82, 2.24) is 5.32 Å². The maximum atomic E-state index is 12.3. The molecule has 0 aliphatic heterocycles. The Labute approximate surface area is 362 Å². The number of aliphatic hydroxyl groups excluding tert-OH is 1.